The molecule has 0 saturated heterocycles. The van der Waals surface area contributed by atoms with Crippen molar-refractivity contribution >= 4 is 6.08 Å². The molecule has 1 aliphatic rings. The van der Waals surface area contributed by atoms with Crippen molar-refractivity contribution in [1.29, 1.82) is 0 Å². The topological polar surface area (TPSA) is 29.4 Å². The zero-order valence-corrected chi connectivity index (χ0v) is 8.21. The molecule has 0 saturated carbocycles. The van der Waals surface area contributed by atoms with Crippen molar-refractivity contribution in [2.45, 2.75) is 25.1 Å². The average molecular weight is 227 g/mol. The van der Waals surface area contributed by atoms with E-state index in [-0.39, 0.29) is 6.04 Å². The highest BCUT2D eigenvalue weighted by Gasteiger charge is 2.32. The third-order valence-corrected chi connectivity index (χ3v) is 2.72. The molecule has 0 spiro atoms. The minimum atomic E-state index is -4.32. The Balaban J connectivity index is 2.40. The van der Waals surface area contributed by atoms with Crippen molar-refractivity contribution in [1.82, 2.24) is 0 Å². The molecule has 0 amide bonds. The molecule has 0 fully saturated rings. The van der Waals surface area contributed by atoms with Crippen LogP contribution < -0.4 is 0 Å². The molecule has 0 heterocycles. The summed E-state index contributed by atoms with van der Waals surface area (Å²) >= 11 is 0. The Morgan fingerprint density at radius 2 is 2.12 bits per heavy atom. The number of halogens is 3. The van der Waals surface area contributed by atoms with Crippen molar-refractivity contribution in [3.63, 3.8) is 0 Å². The van der Waals surface area contributed by atoms with E-state index < -0.39 is 11.7 Å². The first-order valence-electron chi connectivity index (χ1n) is 4.79. The maximum absolute atomic E-state index is 12.4. The Labute approximate surface area is 89.8 Å². The number of rotatable bonds is 1. The summed E-state index contributed by atoms with van der Waals surface area (Å²) < 4.78 is 37.2. The molecule has 0 bridgehead atoms. The fraction of sp³-hybridized carbons (Fsp3) is 0.364. The first kappa shape index (κ1) is 10.9. The van der Waals surface area contributed by atoms with Crippen molar-refractivity contribution in [2.24, 2.45) is 4.99 Å². The fourth-order valence-electron chi connectivity index (χ4n) is 1.97. The summed E-state index contributed by atoms with van der Waals surface area (Å²) in [6.07, 6.45) is -1.77. The lowest BCUT2D eigenvalue weighted by atomic mass is 10.0. The molecule has 1 atom stereocenters. The lowest BCUT2D eigenvalue weighted by Gasteiger charge is -2.09. The summed E-state index contributed by atoms with van der Waals surface area (Å²) in [5.41, 5.74) is 0.678. The number of fused-ring (bicyclic) bond motifs is 1. The van der Waals surface area contributed by atoms with E-state index in [1.54, 1.807) is 0 Å². The molecule has 84 valence electrons. The predicted molar refractivity (Wildman–Crippen MR) is 50.6 cm³/mol. The lowest BCUT2D eigenvalue weighted by Crippen LogP contribution is -2.05. The summed E-state index contributed by atoms with van der Waals surface area (Å²) in [6, 6.07) is 3.24. The van der Waals surface area contributed by atoms with Crippen LogP contribution in [0.2, 0.25) is 0 Å². The van der Waals surface area contributed by atoms with E-state index >= 15 is 0 Å². The molecule has 0 radical (unpaired) electrons. The van der Waals surface area contributed by atoms with Crippen LogP contribution in [0.25, 0.3) is 0 Å². The first-order valence-corrected chi connectivity index (χ1v) is 4.79. The molecule has 5 heteroatoms. The Morgan fingerprint density at radius 1 is 1.38 bits per heavy atom. The zero-order chi connectivity index (χ0) is 11.8. The lowest BCUT2D eigenvalue weighted by molar-refractivity contribution is -0.137. The molecule has 16 heavy (non-hydrogen) atoms. The van der Waals surface area contributed by atoms with E-state index in [9.17, 15) is 18.0 Å². The number of aliphatic imine (C=N–C) groups is 1. The number of nitrogens with zero attached hydrogens (tertiary/aromatic N) is 1. The van der Waals surface area contributed by atoms with Gasteiger partial charge in [0.1, 0.15) is 0 Å². The Bertz CT molecular complexity index is 461. The number of hydrogen-bond donors (Lipinski definition) is 0. The smallest absolute Gasteiger partial charge is 0.211 e. The highest BCUT2D eigenvalue weighted by Crippen LogP contribution is 2.37. The van der Waals surface area contributed by atoms with Crippen LogP contribution in [0.3, 0.4) is 0 Å². The summed E-state index contributed by atoms with van der Waals surface area (Å²) in [6.45, 7) is 0. The van der Waals surface area contributed by atoms with Gasteiger partial charge in [-0.1, -0.05) is 6.07 Å². The van der Waals surface area contributed by atoms with Crippen LogP contribution in [0.5, 0.6) is 0 Å². The maximum Gasteiger partial charge on any atom is 0.416 e. The van der Waals surface area contributed by atoms with E-state index in [4.69, 9.17) is 0 Å². The monoisotopic (exact) mass is 227 g/mol. The summed E-state index contributed by atoms with van der Waals surface area (Å²) in [4.78, 5) is 13.7. The normalized spacial score (nSPS) is 19.1. The molecule has 1 unspecified atom stereocenters. The molecule has 2 rings (SSSR count). The number of alkyl halides is 3. The molecule has 0 aliphatic heterocycles. The second-order valence-corrected chi connectivity index (χ2v) is 3.69. The molecular weight excluding hydrogens is 219 g/mol. The van der Waals surface area contributed by atoms with Crippen LogP contribution in [0.1, 0.15) is 29.2 Å². The van der Waals surface area contributed by atoms with Crippen molar-refractivity contribution in [2.75, 3.05) is 0 Å². The van der Waals surface area contributed by atoms with Crippen molar-refractivity contribution < 1.29 is 18.0 Å². The van der Waals surface area contributed by atoms with Crippen molar-refractivity contribution in [3.8, 4) is 0 Å². The highest BCUT2D eigenvalue weighted by atomic mass is 19.4. The van der Waals surface area contributed by atoms with Crippen LogP contribution in [0, 0.1) is 0 Å². The van der Waals surface area contributed by atoms with E-state index in [0.717, 1.165) is 12.1 Å². The second kappa shape index (κ2) is 3.76. The van der Waals surface area contributed by atoms with E-state index in [2.05, 4.69) is 4.99 Å². The van der Waals surface area contributed by atoms with Gasteiger partial charge >= 0.3 is 6.18 Å². The van der Waals surface area contributed by atoms with Crippen LogP contribution in [-0.4, -0.2) is 6.08 Å². The number of hydrogen-bond acceptors (Lipinski definition) is 2. The summed E-state index contributed by atoms with van der Waals surface area (Å²) in [5, 5.41) is 0. The number of aryl methyl sites for hydroxylation is 1. The highest BCUT2D eigenvalue weighted by molar-refractivity contribution is 5.42. The van der Waals surface area contributed by atoms with Gasteiger partial charge < -0.3 is 0 Å². The third-order valence-electron chi connectivity index (χ3n) is 2.72. The Kier molecular flexibility index (Phi) is 2.56. The van der Waals surface area contributed by atoms with Gasteiger partial charge in [0.25, 0.3) is 0 Å². The van der Waals surface area contributed by atoms with Crippen LogP contribution in [0.4, 0.5) is 13.2 Å². The molecular formula is C11H8F3NO. The molecule has 1 aromatic rings. The molecule has 1 aromatic carbocycles. The SMILES string of the molecule is O=C=NC1CCc2cc(C(F)(F)F)ccc21. The number of isocyanates is 1. The van der Waals surface area contributed by atoms with E-state index in [1.165, 1.54) is 12.1 Å². The predicted octanol–water partition coefficient (Wildman–Crippen LogP) is 3.03. The molecule has 0 N–H and O–H groups in total. The van der Waals surface area contributed by atoms with Gasteiger partial charge in [-0.05, 0) is 36.1 Å². The third kappa shape index (κ3) is 1.86. The minimum absolute atomic E-state index is 0.324. The van der Waals surface area contributed by atoms with Crippen LogP contribution >= 0.6 is 0 Å². The Hall–Kier alpha value is -1.61. The second-order valence-electron chi connectivity index (χ2n) is 3.69. The molecule has 2 nitrogen and oxygen atoms in total. The number of benzene rings is 1. The maximum atomic E-state index is 12.4. The summed E-state index contributed by atoms with van der Waals surface area (Å²) in [5.74, 6) is 0. The van der Waals surface area contributed by atoms with Gasteiger partial charge in [-0.15, -0.1) is 0 Å². The minimum Gasteiger partial charge on any atom is -0.211 e. The summed E-state index contributed by atoms with van der Waals surface area (Å²) in [7, 11) is 0. The van der Waals surface area contributed by atoms with Gasteiger partial charge in [0, 0.05) is 0 Å². The average Bonchev–Trinajstić information content (AvgIpc) is 2.60. The Morgan fingerprint density at radius 3 is 2.75 bits per heavy atom. The van der Waals surface area contributed by atoms with E-state index in [1.807, 2.05) is 0 Å². The van der Waals surface area contributed by atoms with Gasteiger partial charge in [0.15, 0.2) is 0 Å². The zero-order valence-electron chi connectivity index (χ0n) is 8.21. The van der Waals surface area contributed by atoms with Gasteiger partial charge in [-0.25, -0.2) is 4.79 Å². The number of carbonyl (C=O) groups excluding carboxylic acids is 1. The first-order chi connectivity index (χ1) is 7.52. The van der Waals surface area contributed by atoms with E-state index in [0.29, 0.717) is 24.0 Å². The van der Waals surface area contributed by atoms with Crippen LogP contribution in [0.15, 0.2) is 23.2 Å². The van der Waals surface area contributed by atoms with Crippen molar-refractivity contribution in [3.05, 3.63) is 34.9 Å². The quantitative estimate of drug-likeness (QED) is 0.535. The van der Waals surface area contributed by atoms with Gasteiger partial charge in [-0.3, -0.25) is 0 Å². The van der Waals surface area contributed by atoms with Gasteiger partial charge in [-0.2, -0.15) is 18.2 Å². The van der Waals surface area contributed by atoms with Gasteiger partial charge in [0.05, 0.1) is 11.6 Å². The molecule has 1 aliphatic carbocycles. The van der Waals surface area contributed by atoms with Gasteiger partial charge in [0.2, 0.25) is 6.08 Å². The fourth-order valence-corrected chi connectivity index (χ4v) is 1.97. The van der Waals surface area contributed by atoms with Crippen LogP contribution in [-0.2, 0) is 17.4 Å². The standard InChI is InChI=1S/C11H8F3NO/c12-11(13,14)8-2-3-9-7(5-8)1-4-10(9)15-6-16/h2-3,5,10H,1,4H2. The largest absolute Gasteiger partial charge is 0.416 e. The molecule has 0 aromatic heterocycles.